The van der Waals surface area contributed by atoms with E-state index in [9.17, 15) is 35.9 Å². The van der Waals surface area contributed by atoms with Crippen LogP contribution < -0.4 is 5.32 Å². The van der Waals surface area contributed by atoms with Crippen LogP contribution in [-0.2, 0) is 30.8 Å². The number of hydrogen-bond acceptors (Lipinski definition) is 9. The van der Waals surface area contributed by atoms with Gasteiger partial charge in [-0.15, -0.1) is 11.3 Å². The molecule has 214 valence electrons. The highest BCUT2D eigenvalue weighted by Crippen LogP contribution is 2.45. The minimum atomic E-state index is -5.26. The van der Waals surface area contributed by atoms with E-state index >= 15 is 0 Å². The Morgan fingerprint density at radius 1 is 1.07 bits per heavy atom. The molecule has 0 amide bonds. The van der Waals surface area contributed by atoms with Crippen LogP contribution in [0, 0.1) is 12.8 Å². The maximum atomic E-state index is 13.0. The van der Waals surface area contributed by atoms with E-state index in [1.807, 2.05) is 13.0 Å². The van der Waals surface area contributed by atoms with Gasteiger partial charge in [0.05, 0.1) is 10.8 Å². The molecule has 1 saturated carbocycles. The molecule has 15 heteroatoms. The molecule has 1 aromatic carbocycles. The molecule has 0 saturated heterocycles. The molecule has 1 aliphatic rings. The first-order valence-electron chi connectivity index (χ1n) is 11.8. The van der Waals surface area contributed by atoms with E-state index in [1.165, 1.54) is 18.4 Å². The first-order chi connectivity index (χ1) is 18.7. The molecule has 0 aliphatic heterocycles. The van der Waals surface area contributed by atoms with Gasteiger partial charge in [-0.3, -0.25) is 4.79 Å². The van der Waals surface area contributed by atoms with Crippen LogP contribution in [0.3, 0.4) is 0 Å². The third-order valence-corrected chi connectivity index (χ3v) is 7.63. The van der Waals surface area contributed by atoms with Crippen LogP contribution in [0.2, 0.25) is 0 Å². The van der Waals surface area contributed by atoms with E-state index in [2.05, 4.69) is 25.0 Å². The molecule has 0 atom stereocenters. The van der Waals surface area contributed by atoms with E-state index in [0.717, 1.165) is 22.7 Å². The van der Waals surface area contributed by atoms with Gasteiger partial charge in [0.2, 0.25) is 5.95 Å². The summed E-state index contributed by atoms with van der Waals surface area (Å²) in [6.45, 7) is 1.81. The number of nitrogens with one attached hydrogen (secondary N) is 1. The Morgan fingerprint density at radius 3 is 2.40 bits per heavy atom. The number of halogens is 6. The Hall–Kier alpha value is -3.59. The van der Waals surface area contributed by atoms with Gasteiger partial charge in [0.25, 0.3) is 0 Å². The molecule has 1 N–H and O–H groups in total. The van der Waals surface area contributed by atoms with Crippen LogP contribution in [0.25, 0.3) is 10.4 Å². The quantitative estimate of drug-likeness (QED) is 0.202. The average molecular weight is 589 g/mol. The van der Waals surface area contributed by atoms with Gasteiger partial charge >= 0.3 is 24.3 Å². The molecule has 3 aromatic rings. The summed E-state index contributed by atoms with van der Waals surface area (Å²) in [6, 6.07) is 6.06. The number of rotatable bonds is 6. The summed E-state index contributed by atoms with van der Waals surface area (Å²) in [6.07, 6.45) is -6.49. The van der Waals surface area contributed by atoms with Gasteiger partial charge < -0.3 is 14.8 Å². The van der Waals surface area contributed by atoms with Gasteiger partial charge in [-0.05, 0) is 61.9 Å². The van der Waals surface area contributed by atoms with E-state index in [-0.39, 0.29) is 31.6 Å². The Balaban J connectivity index is 1.49. The number of carbonyl (C=O) groups excluding carboxylic acids is 2. The second-order valence-electron chi connectivity index (χ2n) is 9.18. The first kappa shape index (κ1) is 29.4. The number of thiazole rings is 1. The molecule has 1 aliphatic carbocycles. The molecular formula is C25H22F6N4O4S. The number of alkyl halides is 6. The van der Waals surface area contributed by atoms with Crippen LogP contribution >= 0.6 is 11.3 Å². The molecule has 2 heterocycles. The van der Waals surface area contributed by atoms with Gasteiger partial charge in [-0.2, -0.15) is 26.3 Å². The predicted molar refractivity (Wildman–Crippen MR) is 130 cm³/mol. The van der Waals surface area contributed by atoms with Gasteiger partial charge in [0, 0.05) is 25.2 Å². The van der Waals surface area contributed by atoms with Crippen molar-refractivity contribution in [2.45, 2.75) is 50.6 Å². The van der Waals surface area contributed by atoms with Crippen molar-refractivity contribution in [2.75, 3.05) is 12.4 Å². The van der Waals surface area contributed by atoms with Crippen molar-refractivity contribution in [1.29, 1.82) is 0 Å². The lowest BCUT2D eigenvalue weighted by Gasteiger charge is -2.36. The largest absolute Gasteiger partial charge is 0.491 e. The zero-order valence-corrected chi connectivity index (χ0v) is 21.8. The Labute approximate surface area is 227 Å². The Bertz CT molecular complexity index is 1400. The number of benzene rings is 1. The minimum Gasteiger partial charge on any atom is -0.386 e. The number of aryl methyl sites for hydroxylation is 1. The molecule has 0 spiro atoms. The molecule has 0 bridgehead atoms. The molecule has 2 aromatic heterocycles. The van der Waals surface area contributed by atoms with Crippen LogP contribution in [0.5, 0.6) is 0 Å². The highest BCUT2D eigenvalue weighted by Gasteiger charge is 2.46. The third-order valence-electron chi connectivity index (χ3n) is 6.40. The van der Waals surface area contributed by atoms with Crippen molar-refractivity contribution < 1.29 is 45.4 Å². The fraction of sp³-hybridized carbons (Fsp3) is 0.400. The average Bonchev–Trinajstić information content (AvgIpc) is 3.39. The van der Waals surface area contributed by atoms with Gasteiger partial charge in [0.15, 0.2) is 0 Å². The van der Waals surface area contributed by atoms with Crippen molar-refractivity contribution in [3.05, 3.63) is 52.9 Å². The Kier molecular flexibility index (Phi) is 8.17. The molecule has 8 nitrogen and oxygen atoms in total. The Morgan fingerprint density at radius 2 is 1.77 bits per heavy atom. The molecule has 1 fully saturated rings. The number of methoxy groups -OCH3 is 1. The molecular weight excluding hydrogens is 566 g/mol. The summed E-state index contributed by atoms with van der Waals surface area (Å²) in [7, 11) is 1.47. The molecule has 40 heavy (non-hydrogen) atoms. The number of anilines is 2. The summed E-state index contributed by atoms with van der Waals surface area (Å²) >= 11 is 1.31. The lowest BCUT2D eigenvalue weighted by atomic mass is 9.79. The van der Waals surface area contributed by atoms with Gasteiger partial charge in [0.1, 0.15) is 16.3 Å². The number of carbonyl (C=O) groups is 2. The standard InChI is InChI=1S/C25H22F6N4O4S/c1-13-9-15(11-16(10-13)34-22-32-8-5-18(35-22)24(26,27)28)17-12-33-20(40-17)23(38-2)6-3-14(4-7-23)19(36)39-21(37)25(29,30)31/h5,8-12,14H,3-4,6-7H2,1-2H3,(H,32,34,35). The smallest absolute Gasteiger partial charge is 0.386 e. The monoisotopic (exact) mass is 588 g/mol. The summed E-state index contributed by atoms with van der Waals surface area (Å²) in [5.74, 6) is -4.88. The second-order valence-corrected chi connectivity index (χ2v) is 10.2. The first-order valence-corrected chi connectivity index (χ1v) is 12.7. The van der Waals surface area contributed by atoms with Crippen molar-refractivity contribution >= 4 is 34.9 Å². The number of ether oxygens (including phenoxy) is 2. The summed E-state index contributed by atoms with van der Waals surface area (Å²) in [5, 5.41) is 3.38. The van der Waals surface area contributed by atoms with Gasteiger partial charge in [-0.1, -0.05) is 6.07 Å². The number of aromatic nitrogens is 3. The zero-order valence-electron chi connectivity index (χ0n) is 21.0. The SMILES string of the molecule is COC1(c2ncc(-c3cc(C)cc(Nc4nccc(C(F)(F)F)n4)c3)s2)CCC(C(=O)OC(=O)C(F)(F)F)CC1. The van der Waals surface area contributed by atoms with E-state index in [4.69, 9.17) is 4.74 Å². The predicted octanol–water partition coefficient (Wildman–Crippen LogP) is 6.33. The normalized spacial score (nSPS) is 19.8. The maximum absolute atomic E-state index is 13.0. The molecule has 0 unspecified atom stereocenters. The zero-order chi connectivity index (χ0) is 29.3. The van der Waals surface area contributed by atoms with Crippen LogP contribution in [0.4, 0.5) is 38.0 Å². The van der Waals surface area contributed by atoms with Crippen molar-refractivity contribution in [2.24, 2.45) is 5.92 Å². The number of hydrogen-bond donors (Lipinski definition) is 1. The fourth-order valence-electron chi connectivity index (χ4n) is 4.38. The lowest BCUT2D eigenvalue weighted by Crippen LogP contribution is -2.37. The van der Waals surface area contributed by atoms with E-state index in [0.29, 0.717) is 16.3 Å². The van der Waals surface area contributed by atoms with Crippen molar-refractivity contribution in [3.63, 3.8) is 0 Å². The van der Waals surface area contributed by atoms with E-state index < -0.39 is 41.5 Å². The van der Waals surface area contributed by atoms with Crippen molar-refractivity contribution in [3.8, 4) is 10.4 Å². The highest BCUT2D eigenvalue weighted by atomic mass is 32.1. The van der Waals surface area contributed by atoms with Crippen molar-refractivity contribution in [1.82, 2.24) is 15.0 Å². The highest BCUT2D eigenvalue weighted by molar-refractivity contribution is 7.15. The van der Waals surface area contributed by atoms with Crippen LogP contribution in [0.1, 0.15) is 41.9 Å². The number of esters is 2. The van der Waals surface area contributed by atoms with Crippen LogP contribution in [0.15, 0.2) is 36.7 Å². The third kappa shape index (κ3) is 6.58. The number of nitrogens with zero attached hydrogens (tertiary/aromatic N) is 3. The summed E-state index contributed by atoms with van der Waals surface area (Å²) < 4.78 is 86.1. The molecule has 0 radical (unpaired) electrons. The summed E-state index contributed by atoms with van der Waals surface area (Å²) in [4.78, 5) is 35.7. The maximum Gasteiger partial charge on any atom is 0.491 e. The van der Waals surface area contributed by atoms with Gasteiger partial charge in [-0.25, -0.2) is 19.7 Å². The van der Waals surface area contributed by atoms with E-state index in [1.54, 1.807) is 18.3 Å². The fourth-order valence-corrected chi connectivity index (χ4v) is 5.51. The summed E-state index contributed by atoms with van der Waals surface area (Å²) in [5.41, 5.74) is -0.00373. The molecule has 4 rings (SSSR count). The minimum absolute atomic E-state index is 0.127. The second kappa shape index (κ2) is 11.1. The topological polar surface area (TPSA) is 103 Å². The lowest BCUT2D eigenvalue weighted by molar-refractivity contribution is -0.203. The van der Waals surface area contributed by atoms with Crippen LogP contribution in [-0.4, -0.2) is 40.2 Å².